The lowest BCUT2D eigenvalue weighted by Gasteiger charge is -2.28. The third kappa shape index (κ3) is 8.86. The van der Waals surface area contributed by atoms with Crippen LogP contribution in [0, 0.1) is 0 Å². The quantitative estimate of drug-likeness (QED) is 0.382. The van der Waals surface area contributed by atoms with Gasteiger partial charge in [-0.3, -0.25) is 0 Å². The monoisotopic (exact) mass is 380 g/mol. The van der Waals surface area contributed by atoms with Crippen LogP contribution in [0.3, 0.4) is 0 Å². The first kappa shape index (κ1) is 23.9. The van der Waals surface area contributed by atoms with E-state index in [9.17, 15) is 0 Å². The first-order valence-electron chi connectivity index (χ1n) is 9.08. The van der Waals surface area contributed by atoms with Gasteiger partial charge in [-0.1, -0.05) is 6.08 Å². The lowest BCUT2D eigenvalue weighted by atomic mass is 10.5. The van der Waals surface area contributed by atoms with Gasteiger partial charge in [0.05, 0.1) is 0 Å². The molecule has 0 atom stereocenters. The lowest BCUT2D eigenvalue weighted by molar-refractivity contribution is 0.0713. The molecule has 0 bridgehead atoms. The second kappa shape index (κ2) is 14.1. The van der Waals surface area contributed by atoms with Gasteiger partial charge in [0, 0.05) is 45.7 Å². The van der Waals surface area contributed by atoms with E-state index in [4.69, 9.17) is 26.6 Å². The first-order valence-corrected chi connectivity index (χ1v) is 12.8. The van der Waals surface area contributed by atoms with E-state index < -0.39 is 17.6 Å². The number of hydrogen-bond acceptors (Lipinski definition) is 6. The van der Waals surface area contributed by atoms with Crippen molar-refractivity contribution in [2.75, 3.05) is 39.6 Å². The summed E-state index contributed by atoms with van der Waals surface area (Å²) in [6.45, 7) is 15.2. The van der Waals surface area contributed by atoms with Gasteiger partial charge in [-0.05, 0) is 53.7 Å². The maximum atomic E-state index is 5.86. The van der Waals surface area contributed by atoms with E-state index in [1.54, 1.807) is 0 Å². The molecule has 0 aromatic rings. The van der Waals surface area contributed by atoms with Crippen molar-refractivity contribution in [1.29, 1.82) is 0 Å². The van der Waals surface area contributed by atoms with E-state index in [0.717, 1.165) is 12.5 Å². The number of hydrogen-bond donors (Lipinski definition) is 0. The van der Waals surface area contributed by atoms with Crippen LogP contribution in [0.2, 0.25) is 6.04 Å². The van der Waals surface area contributed by atoms with E-state index >= 15 is 0 Å². The summed E-state index contributed by atoms with van der Waals surface area (Å²) < 4.78 is 35.0. The molecule has 0 unspecified atom stereocenters. The average Bonchev–Trinajstić information content (AvgIpc) is 2.53. The van der Waals surface area contributed by atoms with E-state index in [0.29, 0.717) is 39.6 Å². The molecule has 0 aliphatic heterocycles. The van der Waals surface area contributed by atoms with Gasteiger partial charge in [-0.15, -0.1) is 0 Å². The van der Waals surface area contributed by atoms with Crippen LogP contribution in [-0.2, 0) is 26.6 Å². The van der Waals surface area contributed by atoms with Crippen LogP contribution in [0.5, 0.6) is 0 Å². The number of rotatable bonds is 16. The van der Waals surface area contributed by atoms with Crippen molar-refractivity contribution in [1.82, 2.24) is 0 Å². The third-order valence-electron chi connectivity index (χ3n) is 3.07. The summed E-state index contributed by atoms with van der Waals surface area (Å²) in [6.07, 6.45) is 2.82. The Morgan fingerprint density at radius 1 is 0.583 bits per heavy atom. The Kier molecular flexibility index (Phi) is 14.1. The summed E-state index contributed by atoms with van der Waals surface area (Å²) in [6, 6.07) is 0.730. The van der Waals surface area contributed by atoms with Crippen molar-refractivity contribution >= 4 is 17.6 Å². The summed E-state index contributed by atoms with van der Waals surface area (Å²) >= 11 is 0. The van der Waals surface area contributed by atoms with Gasteiger partial charge in [0.2, 0.25) is 0 Å². The molecule has 0 aromatic carbocycles. The largest absolute Gasteiger partial charge is 0.529 e. The van der Waals surface area contributed by atoms with Crippen LogP contribution >= 0.6 is 0 Å². The highest BCUT2D eigenvalue weighted by Crippen LogP contribution is 2.20. The summed E-state index contributed by atoms with van der Waals surface area (Å²) in [5.41, 5.74) is 1.96. The smallest absolute Gasteiger partial charge is 0.374 e. The molecule has 0 saturated heterocycles. The molecular weight excluding hydrogens is 344 g/mol. The summed E-state index contributed by atoms with van der Waals surface area (Å²) in [5, 5.41) is 0. The molecule has 8 heteroatoms. The molecule has 6 nitrogen and oxygen atoms in total. The molecule has 0 aliphatic carbocycles. The fraction of sp³-hybridized carbons (Fsp3) is 0.875. The van der Waals surface area contributed by atoms with E-state index in [2.05, 4.69) is 0 Å². The van der Waals surface area contributed by atoms with Gasteiger partial charge in [0.15, 0.2) is 0 Å². The van der Waals surface area contributed by atoms with Crippen LogP contribution < -0.4 is 0 Å². The van der Waals surface area contributed by atoms with E-state index in [-0.39, 0.29) is 0 Å². The number of allylic oxidation sites excluding steroid dienone is 1. The average molecular weight is 381 g/mol. The lowest BCUT2D eigenvalue weighted by Crippen LogP contribution is -2.46. The minimum Gasteiger partial charge on any atom is -0.374 e. The molecule has 0 fully saturated rings. The Hall–Kier alpha value is -0.0662. The fourth-order valence-electron chi connectivity index (χ4n) is 2.36. The van der Waals surface area contributed by atoms with Gasteiger partial charge in [0.25, 0.3) is 0 Å². The third-order valence-corrected chi connectivity index (χ3v) is 8.87. The standard InChI is InChI=1S/C16H36O6Si2/c1-7-17-23(18-8-2,19-9-3)15-13-14-16-24(20-10-4,21-11-5)22-12-6/h13,15H,7-12,14,16H2,1-6H3. The maximum absolute atomic E-state index is 5.86. The Morgan fingerprint density at radius 3 is 1.29 bits per heavy atom. The predicted octanol–water partition coefficient (Wildman–Crippen LogP) is 3.57. The van der Waals surface area contributed by atoms with Crippen LogP contribution in [-0.4, -0.2) is 57.3 Å². The Bertz CT molecular complexity index is 294. The van der Waals surface area contributed by atoms with Gasteiger partial charge in [-0.2, -0.15) is 0 Å². The second-order valence-corrected chi connectivity index (χ2v) is 9.96. The van der Waals surface area contributed by atoms with Crippen LogP contribution in [0.1, 0.15) is 48.0 Å². The van der Waals surface area contributed by atoms with Crippen molar-refractivity contribution in [3.63, 3.8) is 0 Å². The highest BCUT2D eigenvalue weighted by Gasteiger charge is 2.40. The SMILES string of the molecule is CCO[Si](C=CCC[Si](OCC)(OCC)OCC)(OCC)OCC. The van der Waals surface area contributed by atoms with Gasteiger partial charge in [0.1, 0.15) is 0 Å². The molecule has 0 radical (unpaired) electrons. The normalized spacial score (nSPS) is 13.1. The van der Waals surface area contributed by atoms with Crippen molar-refractivity contribution < 1.29 is 26.6 Å². The molecule has 0 heterocycles. The van der Waals surface area contributed by atoms with Crippen molar-refractivity contribution in [3.05, 3.63) is 11.8 Å². The predicted molar refractivity (Wildman–Crippen MR) is 99.8 cm³/mol. The summed E-state index contributed by atoms with van der Waals surface area (Å²) in [7, 11) is -5.34. The molecule has 24 heavy (non-hydrogen) atoms. The Balaban J connectivity index is 4.90. The first-order chi connectivity index (χ1) is 11.6. The Morgan fingerprint density at radius 2 is 0.958 bits per heavy atom. The molecule has 0 amide bonds. The minimum atomic E-state index is -2.73. The highest BCUT2D eigenvalue weighted by molar-refractivity contribution is 6.66. The molecule has 144 valence electrons. The summed E-state index contributed by atoms with van der Waals surface area (Å²) in [5.74, 6) is 0. The van der Waals surface area contributed by atoms with Crippen LogP contribution in [0.4, 0.5) is 0 Å². The molecule has 0 N–H and O–H groups in total. The van der Waals surface area contributed by atoms with E-state index in [1.807, 2.05) is 53.3 Å². The van der Waals surface area contributed by atoms with E-state index in [1.165, 1.54) is 0 Å². The minimum absolute atomic E-state index is 0.562. The molecule has 0 saturated carbocycles. The maximum Gasteiger partial charge on any atom is 0.529 e. The zero-order chi connectivity index (χ0) is 18.3. The van der Waals surface area contributed by atoms with Crippen molar-refractivity contribution in [2.24, 2.45) is 0 Å². The topological polar surface area (TPSA) is 55.4 Å². The molecule has 0 aliphatic rings. The zero-order valence-electron chi connectivity index (χ0n) is 16.3. The van der Waals surface area contributed by atoms with Gasteiger partial charge < -0.3 is 26.6 Å². The van der Waals surface area contributed by atoms with Gasteiger partial charge >= 0.3 is 17.6 Å². The molecule has 0 aromatic heterocycles. The van der Waals surface area contributed by atoms with Gasteiger partial charge in [-0.25, -0.2) is 0 Å². The molecular formula is C16H36O6Si2. The summed E-state index contributed by atoms with van der Waals surface area (Å²) in [4.78, 5) is 0. The highest BCUT2D eigenvalue weighted by atomic mass is 28.4. The second-order valence-electron chi connectivity index (χ2n) is 4.83. The fourth-order valence-corrected chi connectivity index (χ4v) is 7.09. The Labute approximate surface area is 150 Å². The molecule has 0 spiro atoms. The van der Waals surface area contributed by atoms with Crippen LogP contribution in [0.15, 0.2) is 11.8 Å². The van der Waals surface area contributed by atoms with Crippen molar-refractivity contribution in [2.45, 2.75) is 54.0 Å². The zero-order valence-corrected chi connectivity index (χ0v) is 18.3. The molecule has 0 rings (SSSR count). The van der Waals surface area contributed by atoms with Crippen LogP contribution in [0.25, 0.3) is 0 Å². The van der Waals surface area contributed by atoms with Crippen molar-refractivity contribution in [3.8, 4) is 0 Å².